The summed E-state index contributed by atoms with van der Waals surface area (Å²) in [5.41, 5.74) is 0.471. The number of hydrogen-bond donors (Lipinski definition) is 0. The molecule has 0 bridgehead atoms. The Bertz CT molecular complexity index is 1110. The van der Waals surface area contributed by atoms with Gasteiger partial charge in [0.15, 0.2) is 11.0 Å². The minimum atomic E-state index is -4.46. The zero-order valence-electron chi connectivity index (χ0n) is 14.3. The molecule has 0 unspecified atom stereocenters. The fraction of sp³-hybridized carbons (Fsp3) is 0.188. The van der Waals surface area contributed by atoms with Crippen molar-refractivity contribution in [3.63, 3.8) is 0 Å². The summed E-state index contributed by atoms with van der Waals surface area (Å²) in [5.74, 6) is 0.190. The summed E-state index contributed by atoms with van der Waals surface area (Å²) < 4.78 is 40.9. The highest BCUT2D eigenvalue weighted by atomic mass is 35.5. The number of rotatable bonds is 2. The Kier molecular flexibility index (Phi) is 4.84. The van der Waals surface area contributed by atoms with Gasteiger partial charge in [0.1, 0.15) is 10.2 Å². The number of fused-ring (bicyclic) bond motifs is 2. The summed E-state index contributed by atoms with van der Waals surface area (Å²) in [6.45, 7) is 1.59. The van der Waals surface area contributed by atoms with Crippen molar-refractivity contribution in [3.8, 4) is 11.4 Å². The van der Waals surface area contributed by atoms with Crippen LogP contribution in [0.4, 0.5) is 13.2 Å². The maximum Gasteiger partial charge on any atom is 0.416 e. The first kappa shape index (κ1) is 19.2. The molecule has 0 aliphatic carbocycles. The molecule has 0 amide bonds. The maximum absolute atomic E-state index is 13.2. The van der Waals surface area contributed by atoms with E-state index >= 15 is 0 Å². The van der Waals surface area contributed by atoms with Crippen LogP contribution >= 0.6 is 35.1 Å². The van der Waals surface area contributed by atoms with Crippen LogP contribution in [-0.2, 0) is 6.18 Å². The van der Waals surface area contributed by atoms with E-state index in [1.165, 1.54) is 34.4 Å². The number of alkyl halides is 3. The molecule has 12 heteroatoms. The Labute approximate surface area is 170 Å². The van der Waals surface area contributed by atoms with Gasteiger partial charge in [-0.1, -0.05) is 23.4 Å². The first-order chi connectivity index (χ1) is 13.3. The van der Waals surface area contributed by atoms with Gasteiger partial charge in [0.25, 0.3) is 0 Å². The molecule has 6 nitrogen and oxygen atoms in total. The molecule has 0 atom stereocenters. The number of nitrogens with zero attached hydrogens (tertiary/aromatic N) is 6. The fourth-order valence-electron chi connectivity index (χ4n) is 2.57. The lowest BCUT2D eigenvalue weighted by molar-refractivity contribution is -0.137. The Balaban J connectivity index is 1.83. The van der Waals surface area contributed by atoms with E-state index in [1.807, 2.05) is 6.26 Å². The third kappa shape index (κ3) is 3.49. The van der Waals surface area contributed by atoms with E-state index in [0.717, 1.165) is 12.1 Å². The number of hydrogen-bond acceptors (Lipinski definition) is 7. The summed E-state index contributed by atoms with van der Waals surface area (Å²) in [5, 5.41) is 14.0. The monoisotopic (exact) mass is 442 g/mol. The molecule has 0 fully saturated rings. The SMILES string of the molecule is CSc1nc(Cl)c2c(n1)Sc1nnc(-c3cc(C)cc(C(F)(F)F)c3)n1N=C2. The summed E-state index contributed by atoms with van der Waals surface area (Å²) in [6, 6.07) is 3.71. The van der Waals surface area contributed by atoms with Gasteiger partial charge in [0, 0.05) is 5.56 Å². The van der Waals surface area contributed by atoms with Gasteiger partial charge in [-0.05, 0) is 48.7 Å². The van der Waals surface area contributed by atoms with Gasteiger partial charge < -0.3 is 0 Å². The van der Waals surface area contributed by atoms with Crippen molar-refractivity contribution in [3.05, 3.63) is 40.0 Å². The van der Waals surface area contributed by atoms with Crippen LogP contribution in [-0.4, -0.2) is 37.3 Å². The van der Waals surface area contributed by atoms with Crippen molar-refractivity contribution in [2.24, 2.45) is 5.10 Å². The molecule has 1 aliphatic heterocycles. The van der Waals surface area contributed by atoms with Crippen molar-refractivity contribution in [1.29, 1.82) is 0 Å². The lowest BCUT2D eigenvalue weighted by Gasteiger charge is -2.10. The molecule has 3 heterocycles. The van der Waals surface area contributed by atoms with Crippen LogP contribution in [0, 0.1) is 6.92 Å². The van der Waals surface area contributed by atoms with Crippen LogP contribution in [0.1, 0.15) is 16.7 Å². The molecule has 2 aromatic heterocycles. The lowest BCUT2D eigenvalue weighted by Crippen LogP contribution is -2.06. The Morgan fingerprint density at radius 1 is 1.14 bits per heavy atom. The second kappa shape index (κ2) is 7.05. The molecule has 0 N–H and O–H groups in total. The second-order valence-electron chi connectivity index (χ2n) is 5.77. The van der Waals surface area contributed by atoms with Crippen molar-refractivity contribution in [2.45, 2.75) is 28.4 Å². The van der Waals surface area contributed by atoms with Gasteiger partial charge in [-0.25, -0.2) is 9.97 Å². The lowest BCUT2D eigenvalue weighted by atomic mass is 10.1. The van der Waals surface area contributed by atoms with E-state index in [-0.39, 0.29) is 16.5 Å². The number of aromatic nitrogens is 5. The zero-order valence-corrected chi connectivity index (χ0v) is 16.7. The molecule has 1 aromatic carbocycles. The molecule has 28 heavy (non-hydrogen) atoms. The van der Waals surface area contributed by atoms with Gasteiger partial charge in [-0.15, -0.1) is 10.2 Å². The van der Waals surface area contributed by atoms with Crippen LogP contribution < -0.4 is 0 Å². The van der Waals surface area contributed by atoms with Crippen LogP contribution in [0.3, 0.4) is 0 Å². The van der Waals surface area contributed by atoms with E-state index in [2.05, 4.69) is 25.3 Å². The van der Waals surface area contributed by atoms with Crippen molar-refractivity contribution >= 4 is 41.3 Å². The predicted molar refractivity (Wildman–Crippen MR) is 101 cm³/mol. The average Bonchev–Trinajstić information content (AvgIpc) is 2.92. The number of thioether (sulfide) groups is 1. The highest BCUT2D eigenvalue weighted by Gasteiger charge is 2.32. The van der Waals surface area contributed by atoms with Crippen LogP contribution in [0.2, 0.25) is 5.15 Å². The van der Waals surface area contributed by atoms with E-state index in [4.69, 9.17) is 11.6 Å². The predicted octanol–water partition coefficient (Wildman–Crippen LogP) is 4.78. The molecule has 144 valence electrons. The van der Waals surface area contributed by atoms with Crippen molar-refractivity contribution in [1.82, 2.24) is 24.8 Å². The summed E-state index contributed by atoms with van der Waals surface area (Å²) in [4.78, 5) is 8.57. The molecular formula is C16H10ClF3N6S2. The molecule has 0 radical (unpaired) electrons. The molecule has 4 rings (SSSR count). The third-order valence-corrected chi connectivity index (χ3v) is 5.57. The number of benzene rings is 1. The van der Waals surface area contributed by atoms with E-state index in [0.29, 0.717) is 26.5 Å². The summed E-state index contributed by atoms with van der Waals surface area (Å²) in [6.07, 6.45) is -1.18. The minimum absolute atomic E-state index is 0.190. The molecule has 3 aromatic rings. The Morgan fingerprint density at radius 2 is 1.93 bits per heavy atom. The highest BCUT2D eigenvalue weighted by Crippen LogP contribution is 2.37. The minimum Gasteiger partial charge on any atom is -0.215 e. The topological polar surface area (TPSA) is 68.8 Å². The molecule has 0 spiro atoms. The van der Waals surface area contributed by atoms with E-state index in [1.54, 1.807) is 13.0 Å². The van der Waals surface area contributed by atoms with Crippen LogP contribution in [0.25, 0.3) is 11.4 Å². The average molecular weight is 443 g/mol. The van der Waals surface area contributed by atoms with E-state index < -0.39 is 11.7 Å². The third-order valence-electron chi connectivity index (χ3n) is 3.79. The molecule has 0 saturated carbocycles. The number of aryl methyl sites for hydroxylation is 1. The standard InChI is InChI=1S/C16H10ClF3N6S2/c1-7-3-8(5-9(4-7)16(18,19)20)12-24-25-15-26(12)21-6-10-11(17)22-14(27-2)23-13(10)28-15/h3-6H,1-2H3. The van der Waals surface area contributed by atoms with Gasteiger partial charge in [0.2, 0.25) is 5.16 Å². The van der Waals surface area contributed by atoms with Gasteiger partial charge in [-0.2, -0.15) is 22.9 Å². The molecular weight excluding hydrogens is 433 g/mol. The second-order valence-corrected chi connectivity index (χ2v) is 7.86. The largest absolute Gasteiger partial charge is 0.416 e. The Morgan fingerprint density at radius 3 is 2.64 bits per heavy atom. The van der Waals surface area contributed by atoms with Crippen molar-refractivity contribution < 1.29 is 13.2 Å². The first-order valence-corrected chi connectivity index (χ1v) is 10.2. The fourth-order valence-corrected chi connectivity index (χ4v) is 4.19. The molecule has 1 aliphatic rings. The van der Waals surface area contributed by atoms with Gasteiger partial charge >= 0.3 is 6.18 Å². The Hall–Kier alpha value is -2.11. The quantitative estimate of drug-likeness (QED) is 0.253. The van der Waals surface area contributed by atoms with Crippen molar-refractivity contribution in [2.75, 3.05) is 6.26 Å². The number of halogens is 4. The molecule has 0 saturated heterocycles. The van der Waals surface area contributed by atoms with Gasteiger partial charge in [-0.3, -0.25) is 0 Å². The summed E-state index contributed by atoms with van der Waals surface area (Å²) in [7, 11) is 0. The maximum atomic E-state index is 13.2. The van der Waals surface area contributed by atoms with Gasteiger partial charge in [0.05, 0.1) is 17.3 Å². The first-order valence-electron chi connectivity index (χ1n) is 7.74. The van der Waals surface area contributed by atoms with Crippen LogP contribution in [0.15, 0.2) is 38.6 Å². The smallest absolute Gasteiger partial charge is 0.215 e. The highest BCUT2D eigenvalue weighted by molar-refractivity contribution is 7.99. The summed E-state index contributed by atoms with van der Waals surface area (Å²) >= 11 is 8.73. The van der Waals surface area contributed by atoms with Crippen LogP contribution in [0.5, 0.6) is 0 Å². The van der Waals surface area contributed by atoms with E-state index in [9.17, 15) is 13.2 Å². The zero-order chi connectivity index (χ0) is 20.1. The normalized spacial score (nSPS) is 13.2.